The molecule has 2 aromatic rings. The van der Waals surface area contributed by atoms with Crippen LogP contribution in [0.15, 0.2) is 63.7 Å². The minimum Gasteiger partial charge on any atom is -0.507 e. The number of amides is 2. The summed E-state index contributed by atoms with van der Waals surface area (Å²) in [4.78, 5) is 28.4. The molecule has 2 aliphatic heterocycles. The fraction of sp³-hybridized carbons (Fsp3) is 0.357. The number of aliphatic hydroxyl groups excluding tert-OH is 1. The molecule has 0 spiro atoms. The van der Waals surface area contributed by atoms with E-state index in [0.29, 0.717) is 24.0 Å². The van der Waals surface area contributed by atoms with Gasteiger partial charge in [-0.1, -0.05) is 39.7 Å². The van der Waals surface area contributed by atoms with Crippen LogP contribution in [0, 0.1) is 17.8 Å². The lowest BCUT2D eigenvalue weighted by Crippen LogP contribution is -2.46. The van der Waals surface area contributed by atoms with Crippen molar-refractivity contribution < 1.29 is 39.5 Å². The quantitative estimate of drug-likeness (QED) is 0.182. The molecule has 12 heteroatoms. The number of hydrogen-bond acceptors (Lipinski definition) is 8. The number of phenolic OH excluding ortho intramolecular Hbond substituents is 1. The monoisotopic (exact) mass is 609 g/mol. The third-order valence-electron chi connectivity index (χ3n) is 8.12. The highest BCUT2D eigenvalue weighted by molar-refractivity contribution is 9.10. The van der Waals surface area contributed by atoms with Crippen LogP contribution in [0.1, 0.15) is 31.7 Å². The van der Waals surface area contributed by atoms with Crippen molar-refractivity contribution in [3.8, 4) is 5.75 Å². The number of halogens is 1. The summed E-state index contributed by atoms with van der Waals surface area (Å²) >= 11 is 3.41. The normalized spacial score (nSPS) is 24.9. The van der Waals surface area contributed by atoms with Crippen LogP contribution in [0.2, 0.25) is 6.32 Å². The molecule has 0 aromatic heterocycles. The van der Waals surface area contributed by atoms with Crippen LogP contribution in [-0.2, 0) is 14.2 Å². The Bertz CT molecular complexity index is 1400. The summed E-state index contributed by atoms with van der Waals surface area (Å²) in [5.41, 5.74) is 3.47. The third kappa shape index (κ3) is 5.44. The average Bonchev–Trinajstić information content (AvgIpc) is 3.18. The van der Waals surface area contributed by atoms with Crippen LogP contribution in [0.25, 0.3) is 6.08 Å². The summed E-state index contributed by atoms with van der Waals surface area (Å²) in [5, 5.41) is 50.3. The summed E-state index contributed by atoms with van der Waals surface area (Å²) < 4.78 is 6.77. The molecule has 0 unspecified atom stereocenters. The smallest absolute Gasteiger partial charge is 0.488 e. The number of phenols is 1. The van der Waals surface area contributed by atoms with Gasteiger partial charge in [0.15, 0.2) is 0 Å². The molecule has 0 saturated carbocycles. The van der Waals surface area contributed by atoms with Crippen molar-refractivity contribution in [1.29, 1.82) is 0 Å². The van der Waals surface area contributed by atoms with E-state index >= 15 is 0 Å². The second-order valence-corrected chi connectivity index (χ2v) is 11.6. The van der Waals surface area contributed by atoms with Crippen LogP contribution < -0.4 is 10.4 Å². The number of anilines is 1. The highest BCUT2D eigenvalue weighted by Gasteiger charge is 2.57. The summed E-state index contributed by atoms with van der Waals surface area (Å²) in [6, 6.07) is 11.2. The largest absolute Gasteiger partial charge is 0.507 e. The number of allylic oxidation sites excluding steroid dienone is 1. The molecule has 4 atom stereocenters. The van der Waals surface area contributed by atoms with E-state index in [0.717, 1.165) is 20.5 Å². The van der Waals surface area contributed by atoms with E-state index < -0.39 is 49.9 Å². The molecular weight excluding hydrogens is 580 g/mol. The second-order valence-electron chi connectivity index (χ2n) is 10.7. The van der Waals surface area contributed by atoms with Gasteiger partial charge in [0.05, 0.1) is 30.2 Å². The number of aromatic hydroxyl groups is 1. The number of hydrogen-bond donors (Lipinski definition) is 5. The van der Waals surface area contributed by atoms with Crippen molar-refractivity contribution >= 4 is 59.2 Å². The van der Waals surface area contributed by atoms with E-state index in [2.05, 4.69) is 15.9 Å². The Morgan fingerprint density at radius 3 is 2.67 bits per heavy atom. The number of rotatable bonds is 7. The minimum atomic E-state index is -1.75. The van der Waals surface area contributed by atoms with Gasteiger partial charge in [-0.2, -0.15) is 0 Å². The van der Waals surface area contributed by atoms with Crippen LogP contribution in [-0.4, -0.2) is 64.0 Å². The molecule has 3 aliphatic rings. The van der Waals surface area contributed by atoms with Gasteiger partial charge in [-0.05, 0) is 85.4 Å². The van der Waals surface area contributed by atoms with Crippen molar-refractivity contribution in [3.05, 3.63) is 69.2 Å². The average molecular weight is 610 g/mol. The first kappa shape index (κ1) is 28.8. The Morgan fingerprint density at radius 2 is 1.95 bits per heavy atom. The van der Waals surface area contributed by atoms with Gasteiger partial charge in [0.2, 0.25) is 11.8 Å². The number of imide groups is 1. The van der Waals surface area contributed by atoms with Crippen LogP contribution in [0.3, 0.4) is 0 Å². The van der Waals surface area contributed by atoms with Gasteiger partial charge in [-0.3, -0.25) is 14.5 Å². The molecule has 5 N–H and O–H groups in total. The molecule has 9 nitrogen and oxygen atoms in total. The number of aliphatic hydroxyl groups is 1. The van der Waals surface area contributed by atoms with E-state index in [1.165, 1.54) is 12.1 Å². The number of carbonyl (C=O) groups is 2. The lowest BCUT2D eigenvalue weighted by atomic mass is 9.58. The highest BCUT2D eigenvalue weighted by atomic mass is 79.9. The van der Waals surface area contributed by atoms with Crippen molar-refractivity contribution in [3.63, 3.8) is 0 Å². The fourth-order valence-electron chi connectivity index (χ4n) is 6.33. The SMILES string of the molecule is C/C(=C\c1cc(Br)ccc1O)CC[C@H]1OB(O)C[C@H]2C1=C(CO)C[C@H]1C(=O)N(c3cccc(B(O)O)c3)C(=O)[C@H]12. The van der Waals surface area contributed by atoms with Crippen LogP contribution in [0.5, 0.6) is 5.75 Å². The Morgan fingerprint density at radius 1 is 1.18 bits per heavy atom. The topological polar surface area (TPSA) is 148 Å². The lowest BCUT2D eigenvalue weighted by Gasteiger charge is -2.42. The van der Waals surface area contributed by atoms with E-state index in [-0.39, 0.29) is 36.2 Å². The molecule has 1 aliphatic carbocycles. The number of carbonyl (C=O) groups excluding carboxylic acids is 2. The Labute approximate surface area is 241 Å². The number of fused-ring (bicyclic) bond motifs is 3. The summed E-state index contributed by atoms with van der Waals surface area (Å²) in [7, 11) is -2.89. The van der Waals surface area contributed by atoms with Crippen molar-refractivity contribution in [2.45, 2.75) is 38.6 Å². The first-order valence-corrected chi connectivity index (χ1v) is 14.0. The van der Waals surface area contributed by atoms with Crippen molar-refractivity contribution in [2.75, 3.05) is 11.5 Å². The highest BCUT2D eigenvalue weighted by Crippen LogP contribution is 2.51. The standard InChI is InChI=1S/C28H30B2BrNO8/c1-15(9-16-10-19(31)6-7-23(16)34)5-8-24-25-17(14-33)11-21-26(22(25)13-29(37)40-24)28(36)32(27(21)35)20-4-2-3-18(12-20)30(38)39/h2-4,6-7,9-10,12,21-22,24,26,33-34,37-39H,5,8,11,13-14H2,1H3/b15-9+/t21-,22+,24-,26-/m1/s1. The van der Waals surface area contributed by atoms with Gasteiger partial charge in [-0.25, -0.2) is 0 Å². The van der Waals surface area contributed by atoms with E-state index in [9.17, 15) is 34.9 Å². The maximum absolute atomic E-state index is 13.8. The molecule has 2 saturated heterocycles. The Balaban J connectivity index is 1.42. The second kappa shape index (κ2) is 11.6. The third-order valence-corrected chi connectivity index (χ3v) is 8.61. The van der Waals surface area contributed by atoms with Crippen molar-refractivity contribution in [2.24, 2.45) is 17.8 Å². The molecular formula is C28H30B2BrNO8. The van der Waals surface area contributed by atoms with Gasteiger partial charge in [0.1, 0.15) is 5.75 Å². The van der Waals surface area contributed by atoms with Crippen LogP contribution >= 0.6 is 15.9 Å². The number of benzene rings is 2. The molecule has 2 aromatic carbocycles. The van der Waals surface area contributed by atoms with Gasteiger partial charge in [0, 0.05) is 10.0 Å². The minimum absolute atomic E-state index is 0.124. The fourth-order valence-corrected chi connectivity index (χ4v) is 6.71. The molecule has 40 heavy (non-hydrogen) atoms. The van der Waals surface area contributed by atoms with E-state index in [4.69, 9.17) is 4.65 Å². The molecule has 0 radical (unpaired) electrons. The zero-order chi connectivity index (χ0) is 28.7. The Kier molecular flexibility index (Phi) is 8.37. The van der Waals surface area contributed by atoms with E-state index in [1.54, 1.807) is 24.3 Å². The molecule has 2 heterocycles. The molecule has 208 valence electrons. The summed E-state index contributed by atoms with van der Waals surface area (Å²) in [5.74, 6) is -2.57. The zero-order valence-electron chi connectivity index (χ0n) is 21.9. The Hall–Kier alpha value is -2.73. The van der Waals surface area contributed by atoms with E-state index in [1.807, 2.05) is 19.1 Å². The lowest BCUT2D eigenvalue weighted by molar-refractivity contribution is -0.122. The number of nitrogens with zero attached hydrogens (tertiary/aromatic N) is 1. The zero-order valence-corrected chi connectivity index (χ0v) is 23.5. The molecule has 2 fully saturated rings. The summed E-state index contributed by atoms with van der Waals surface area (Å²) in [6.07, 6.45) is 2.70. The summed E-state index contributed by atoms with van der Waals surface area (Å²) in [6.45, 7) is 1.64. The predicted molar refractivity (Wildman–Crippen MR) is 154 cm³/mol. The molecule has 0 bridgehead atoms. The molecule has 2 amide bonds. The predicted octanol–water partition coefficient (Wildman–Crippen LogP) is 2.01. The van der Waals surface area contributed by atoms with Gasteiger partial charge in [-0.15, -0.1) is 0 Å². The maximum Gasteiger partial charge on any atom is 0.488 e. The van der Waals surface area contributed by atoms with Gasteiger partial charge >= 0.3 is 14.2 Å². The van der Waals surface area contributed by atoms with Crippen LogP contribution in [0.4, 0.5) is 5.69 Å². The van der Waals surface area contributed by atoms with Crippen molar-refractivity contribution in [1.82, 2.24) is 0 Å². The first-order valence-electron chi connectivity index (χ1n) is 13.2. The van der Waals surface area contributed by atoms with Gasteiger partial charge < -0.3 is 29.9 Å². The maximum atomic E-state index is 13.8. The molecule has 5 rings (SSSR count). The van der Waals surface area contributed by atoms with Gasteiger partial charge in [0.25, 0.3) is 0 Å². The first-order chi connectivity index (χ1) is 19.1.